The van der Waals surface area contributed by atoms with Crippen LogP contribution >= 0.6 is 0 Å². The zero-order chi connectivity index (χ0) is 23.6. The summed E-state index contributed by atoms with van der Waals surface area (Å²) in [5.41, 5.74) is 5.57. The number of likely N-dealkylation sites (N-methyl/N-ethyl adjacent to an activating group) is 1. The predicted octanol–water partition coefficient (Wildman–Crippen LogP) is 3.58. The summed E-state index contributed by atoms with van der Waals surface area (Å²) in [6.45, 7) is 2.83. The molecule has 0 radical (unpaired) electrons. The number of pyridine rings is 1. The highest BCUT2D eigenvalue weighted by molar-refractivity contribution is 5.96. The Labute approximate surface area is 196 Å². The zero-order valence-corrected chi connectivity index (χ0v) is 19.4. The van der Waals surface area contributed by atoms with E-state index in [1.54, 1.807) is 19.4 Å². The number of methoxy groups -OCH3 is 1. The molecule has 6 rings (SSSR count). The van der Waals surface area contributed by atoms with Gasteiger partial charge in [-0.3, -0.25) is 4.98 Å². The molecule has 0 saturated carbocycles. The van der Waals surface area contributed by atoms with Crippen molar-refractivity contribution in [3.8, 4) is 28.3 Å². The maximum Gasteiger partial charge on any atom is 0.316 e. The standard InChI is InChI=1S/C25H26F2N6O/c1-28-18-7-17(26)23(27)21-15(18)6-19-22(21)24(33-5-4-13-11-32(2)12-20(13)33)16(10-29-19)14-8-30-25(34-3)31-9-14/h7-10,13,20,28H,4-6,11-12H2,1-3H3/t13-,20+/m0/s1. The molecule has 3 aromatic rings. The van der Waals surface area contributed by atoms with Crippen molar-refractivity contribution in [2.24, 2.45) is 5.92 Å². The number of hydrogen-bond donors (Lipinski definition) is 1. The molecule has 1 N–H and O–H groups in total. The van der Waals surface area contributed by atoms with Gasteiger partial charge in [0.15, 0.2) is 11.6 Å². The lowest BCUT2D eigenvalue weighted by molar-refractivity contribution is 0.380. The van der Waals surface area contributed by atoms with Crippen molar-refractivity contribution in [1.29, 1.82) is 0 Å². The molecule has 0 amide bonds. The Balaban J connectivity index is 1.61. The van der Waals surface area contributed by atoms with Crippen molar-refractivity contribution < 1.29 is 13.5 Å². The molecular formula is C25H26F2N6O. The van der Waals surface area contributed by atoms with Crippen molar-refractivity contribution in [3.05, 3.63) is 47.5 Å². The molecule has 34 heavy (non-hydrogen) atoms. The molecule has 2 atom stereocenters. The first-order valence-corrected chi connectivity index (χ1v) is 11.5. The molecule has 7 nitrogen and oxygen atoms in total. The van der Waals surface area contributed by atoms with Gasteiger partial charge in [0, 0.05) is 91.7 Å². The van der Waals surface area contributed by atoms with Crippen LogP contribution in [0.3, 0.4) is 0 Å². The van der Waals surface area contributed by atoms with E-state index in [1.165, 1.54) is 13.2 Å². The average Bonchev–Trinajstić information content (AvgIpc) is 3.53. The van der Waals surface area contributed by atoms with E-state index in [9.17, 15) is 4.39 Å². The van der Waals surface area contributed by atoms with E-state index in [2.05, 4.69) is 32.1 Å². The van der Waals surface area contributed by atoms with Crippen LogP contribution in [0.4, 0.5) is 20.2 Å². The van der Waals surface area contributed by atoms with Crippen molar-refractivity contribution in [2.45, 2.75) is 18.9 Å². The summed E-state index contributed by atoms with van der Waals surface area (Å²) < 4.78 is 35.3. The summed E-state index contributed by atoms with van der Waals surface area (Å²) >= 11 is 0. The quantitative estimate of drug-likeness (QED) is 0.495. The van der Waals surface area contributed by atoms with Crippen molar-refractivity contribution in [3.63, 3.8) is 0 Å². The van der Waals surface area contributed by atoms with E-state index in [0.717, 1.165) is 54.1 Å². The van der Waals surface area contributed by atoms with Crippen LogP contribution in [0.2, 0.25) is 0 Å². The largest absolute Gasteiger partial charge is 0.467 e. The molecule has 2 aliphatic heterocycles. The maximum absolute atomic E-state index is 15.4. The van der Waals surface area contributed by atoms with Crippen molar-refractivity contribution >= 4 is 11.4 Å². The van der Waals surface area contributed by atoms with E-state index in [-0.39, 0.29) is 6.01 Å². The van der Waals surface area contributed by atoms with Crippen LogP contribution in [-0.2, 0) is 6.42 Å². The fourth-order valence-corrected chi connectivity index (χ4v) is 5.96. The van der Waals surface area contributed by atoms with E-state index in [1.807, 2.05) is 6.20 Å². The number of nitrogens with zero attached hydrogens (tertiary/aromatic N) is 5. The Hall–Kier alpha value is -3.33. The Morgan fingerprint density at radius 3 is 2.62 bits per heavy atom. The highest BCUT2D eigenvalue weighted by Gasteiger charge is 2.43. The Morgan fingerprint density at radius 1 is 1.09 bits per heavy atom. The zero-order valence-electron chi connectivity index (χ0n) is 19.4. The third-order valence-corrected chi connectivity index (χ3v) is 7.46. The topological polar surface area (TPSA) is 66.4 Å². The number of fused-ring (bicyclic) bond motifs is 4. The third-order valence-electron chi connectivity index (χ3n) is 7.46. The summed E-state index contributed by atoms with van der Waals surface area (Å²) in [4.78, 5) is 18.0. The van der Waals surface area contributed by atoms with E-state index in [0.29, 0.717) is 35.2 Å². The van der Waals surface area contributed by atoms with Crippen LogP contribution in [0, 0.1) is 17.6 Å². The summed E-state index contributed by atoms with van der Waals surface area (Å²) in [7, 11) is 5.38. The number of anilines is 2. The molecule has 2 fully saturated rings. The second-order valence-electron chi connectivity index (χ2n) is 9.33. The molecule has 0 spiro atoms. The fraction of sp³-hybridized carbons (Fsp3) is 0.400. The minimum Gasteiger partial charge on any atom is -0.467 e. The molecule has 3 aliphatic rings. The van der Waals surface area contributed by atoms with Gasteiger partial charge in [-0.2, -0.15) is 0 Å². The lowest BCUT2D eigenvalue weighted by atomic mass is 9.97. The van der Waals surface area contributed by atoms with Crippen LogP contribution < -0.4 is 15.0 Å². The molecule has 4 heterocycles. The molecule has 176 valence electrons. The number of benzene rings is 1. The molecule has 1 aliphatic carbocycles. The van der Waals surface area contributed by atoms with Crippen LogP contribution in [0.25, 0.3) is 22.3 Å². The third kappa shape index (κ3) is 3.06. The number of ether oxygens (including phenoxy) is 1. The summed E-state index contributed by atoms with van der Waals surface area (Å²) in [5, 5.41) is 3.03. The first kappa shape index (κ1) is 21.2. The number of hydrogen-bond acceptors (Lipinski definition) is 7. The highest BCUT2D eigenvalue weighted by Crippen LogP contribution is 2.51. The van der Waals surface area contributed by atoms with Crippen LogP contribution in [0.5, 0.6) is 6.01 Å². The summed E-state index contributed by atoms with van der Waals surface area (Å²) in [6, 6.07) is 1.81. The van der Waals surface area contributed by atoms with Crippen molar-refractivity contribution in [1.82, 2.24) is 19.9 Å². The van der Waals surface area contributed by atoms with Gasteiger partial charge in [-0.25, -0.2) is 18.7 Å². The lowest BCUT2D eigenvalue weighted by Crippen LogP contribution is -2.35. The van der Waals surface area contributed by atoms with Crippen LogP contribution in [0.1, 0.15) is 17.7 Å². The Kier molecular flexibility index (Phi) is 4.91. The van der Waals surface area contributed by atoms with Gasteiger partial charge >= 0.3 is 6.01 Å². The van der Waals surface area contributed by atoms with Gasteiger partial charge in [-0.05, 0) is 24.9 Å². The van der Waals surface area contributed by atoms with E-state index in [4.69, 9.17) is 9.72 Å². The van der Waals surface area contributed by atoms with Gasteiger partial charge in [0.05, 0.1) is 18.5 Å². The van der Waals surface area contributed by atoms with E-state index >= 15 is 4.39 Å². The molecule has 9 heteroatoms. The number of halogens is 2. The van der Waals surface area contributed by atoms with Crippen LogP contribution in [-0.4, -0.2) is 66.7 Å². The maximum atomic E-state index is 15.4. The summed E-state index contributed by atoms with van der Waals surface area (Å²) in [5.74, 6) is -1.14. The van der Waals surface area contributed by atoms with Crippen LogP contribution in [0.15, 0.2) is 24.7 Å². The van der Waals surface area contributed by atoms with Crippen molar-refractivity contribution in [2.75, 3.05) is 51.1 Å². The molecule has 0 unspecified atom stereocenters. The molecule has 0 bridgehead atoms. The molecule has 2 aromatic heterocycles. The second-order valence-corrected chi connectivity index (χ2v) is 9.33. The number of nitrogens with one attached hydrogen (secondary N) is 1. The minimum absolute atomic E-state index is 0.273. The Morgan fingerprint density at radius 2 is 1.88 bits per heavy atom. The van der Waals surface area contributed by atoms with Gasteiger partial charge in [0.25, 0.3) is 0 Å². The fourth-order valence-electron chi connectivity index (χ4n) is 5.96. The monoisotopic (exact) mass is 464 g/mol. The smallest absolute Gasteiger partial charge is 0.316 e. The normalized spacial score (nSPS) is 20.9. The second kappa shape index (κ2) is 7.87. The van der Waals surface area contributed by atoms with Gasteiger partial charge in [0.2, 0.25) is 0 Å². The number of aromatic nitrogens is 3. The lowest BCUT2D eigenvalue weighted by Gasteiger charge is -2.31. The van der Waals surface area contributed by atoms with E-state index < -0.39 is 11.6 Å². The first-order valence-electron chi connectivity index (χ1n) is 11.5. The average molecular weight is 465 g/mol. The SMILES string of the molecule is CNc1cc(F)c(F)c2c1Cc1ncc(-c3cnc(OC)nc3)c(N3CC[C@H]4CN(C)C[C@H]43)c1-2. The number of likely N-dealkylation sites (tertiary alicyclic amines) is 1. The van der Waals surface area contributed by atoms with Gasteiger partial charge in [-0.1, -0.05) is 0 Å². The molecular weight excluding hydrogens is 438 g/mol. The highest BCUT2D eigenvalue weighted by atomic mass is 19.2. The van der Waals surface area contributed by atoms with Gasteiger partial charge in [-0.15, -0.1) is 0 Å². The first-order chi connectivity index (χ1) is 16.5. The summed E-state index contributed by atoms with van der Waals surface area (Å²) in [6.07, 6.45) is 6.73. The minimum atomic E-state index is -0.861. The predicted molar refractivity (Wildman–Crippen MR) is 126 cm³/mol. The van der Waals surface area contributed by atoms with Gasteiger partial charge < -0.3 is 19.9 Å². The molecule has 2 saturated heterocycles. The Bertz CT molecular complexity index is 1280. The molecule has 1 aromatic carbocycles. The van der Waals surface area contributed by atoms with Gasteiger partial charge in [0.1, 0.15) is 0 Å². The number of rotatable bonds is 4.